The number of rotatable bonds is 5. The molecule has 1 heterocycles. The summed E-state index contributed by atoms with van der Waals surface area (Å²) in [5, 5.41) is 0. The van der Waals surface area contributed by atoms with E-state index in [1.807, 2.05) is 5.57 Å². The molecule has 0 fully saturated rings. The highest BCUT2D eigenvalue weighted by molar-refractivity contribution is 5.74. The Hall–Kier alpha value is -5.08. The van der Waals surface area contributed by atoms with Gasteiger partial charge in [-0.2, -0.15) is 0 Å². The number of hydrogen-bond acceptors (Lipinski definition) is 2. The van der Waals surface area contributed by atoms with Crippen LogP contribution in [-0.4, -0.2) is 23.1 Å². The zero-order valence-electron chi connectivity index (χ0n) is 38.4. The highest BCUT2D eigenvalue weighted by Gasteiger charge is 2.59. The highest BCUT2D eigenvalue weighted by Crippen LogP contribution is 2.70. The van der Waals surface area contributed by atoms with Crippen molar-refractivity contribution in [3.8, 4) is 0 Å². The Labute approximate surface area is 388 Å². The Kier molecular flexibility index (Phi) is 9.33. The fourth-order valence-corrected chi connectivity index (χ4v) is 16.0. The molecule has 0 radical (unpaired) electrons. The number of ether oxygens (including phenoxy) is 1. The maximum absolute atomic E-state index is 6.83. The van der Waals surface area contributed by atoms with Crippen LogP contribution in [0.3, 0.4) is 0 Å². The van der Waals surface area contributed by atoms with Gasteiger partial charge < -0.3 is 9.64 Å². The minimum Gasteiger partial charge on any atom is -0.485 e. The molecule has 2 nitrogen and oxygen atoms in total. The molecule has 0 saturated heterocycles. The molecule has 0 aromatic rings. The van der Waals surface area contributed by atoms with E-state index in [2.05, 4.69) is 126 Å². The summed E-state index contributed by atoms with van der Waals surface area (Å²) >= 11 is 0. The molecule has 7 unspecified atom stereocenters. The average Bonchev–Trinajstić information content (AvgIpc) is 4.01. The van der Waals surface area contributed by atoms with Gasteiger partial charge in [-0.3, -0.25) is 0 Å². The smallest absolute Gasteiger partial charge is 0.127 e. The van der Waals surface area contributed by atoms with Crippen molar-refractivity contribution in [1.29, 1.82) is 0 Å². The van der Waals surface area contributed by atoms with Crippen molar-refractivity contribution < 1.29 is 4.74 Å². The van der Waals surface area contributed by atoms with Crippen molar-refractivity contribution in [2.45, 2.75) is 140 Å². The van der Waals surface area contributed by atoms with E-state index in [4.69, 9.17) is 4.74 Å². The van der Waals surface area contributed by atoms with Crippen molar-refractivity contribution in [3.05, 3.63) is 211 Å². The Morgan fingerprint density at radius 2 is 1.54 bits per heavy atom. The molecule has 0 aromatic carbocycles. The summed E-state index contributed by atoms with van der Waals surface area (Å²) in [5.41, 5.74) is 25.0. The van der Waals surface area contributed by atoms with Crippen molar-refractivity contribution in [3.63, 3.8) is 0 Å². The summed E-state index contributed by atoms with van der Waals surface area (Å²) in [6, 6.07) is 0.788. The van der Waals surface area contributed by atoms with Gasteiger partial charge >= 0.3 is 0 Å². The predicted octanol–water partition coefficient (Wildman–Crippen LogP) is 15.3. The lowest BCUT2D eigenvalue weighted by Crippen LogP contribution is -2.48. The summed E-state index contributed by atoms with van der Waals surface area (Å²) in [4.78, 5) is 3.02. The summed E-state index contributed by atoms with van der Waals surface area (Å²) < 4.78 is 6.83. The number of fused-ring (bicyclic) bond motifs is 10. The summed E-state index contributed by atoms with van der Waals surface area (Å²) in [6.07, 6.45) is 72.9. The van der Waals surface area contributed by atoms with E-state index < -0.39 is 0 Å². The minimum atomic E-state index is 0.0100. The molecule has 14 aliphatic rings. The lowest BCUT2D eigenvalue weighted by Gasteiger charge is -2.48. The third-order valence-electron chi connectivity index (χ3n) is 18.6. The van der Waals surface area contributed by atoms with Crippen LogP contribution in [0.2, 0.25) is 0 Å². The fraction of sp³-hybridized carbons (Fsp3) is 0.429. The number of hydrogen-bond donors (Lipinski definition) is 0. The molecule has 1 spiro atoms. The van der Waals surface area contributed by atoms with Gasteiger partial charge in [0.1, 0.15) is 11.9 Å². The van der Waals surface area contributed by atoms with Gasteiger partial charge in [-0.25, -0.2) is 0 Å². The van der Waals surface area contributed by atoms with Gasteiger partial charge in [-0.1, -0.05) is 115 Å². The molecule has 14 rings (SSSR count). The summed E-state index contributed by atoms with van der Waals surface area (Å²) in [6.45, 7) is 0. The number of allylic oxidation sites excluding steroid dienone is 27. The third kappa shape index (κ3) is 5.90. The van der Waals surface area contributed by atoms with Gasteiger partial charge in [0, 0.05) is 35.4 Å². The molecule has 2 heteroatoms. The van der Waals surface area contributed by atoms with E-state index in [-0.39, 0.29) is 11.5 Å². The lowest BCUT2D eigenvalue weighted by atomic mass is 9.62. The summed E-state index contributed by atoms with van der Waals surface area (Å²) in [7, 11) is 0. The van der Waals surface area contributed by atoms with E-state index in [1.54, 1.807) is 61.3 Å². The van der Waals surface area contributed by atoms with Crippen LogP contribution >= 0.6 is 0 Å². The van der Waals surface area contributed by atoms with Crippen LogP contribution in [0.15, 0.2) is 211 Å². The average molecular weight is 852 g/mol. The van der Waals surface area contributed by atoms with Crippen LogP contribution in [0.4, 0.5) is 0 Å². The predicted molar refractivity (Wildman–Crippen MR) is 266 cm³/mol. The first-order valence-corrected chi connectivity index (χ1v) is 26.3. The van der Waals surface area contributed by atoms with E-state index in [0.29, 0.717) is 35.8 Å². The SMILES string of the molecule is C1=CCC(C2=CCCC3=C2OC2C=CC(C4C=CC(N(C5C=CC=C6C5C5=C(CCC=C5)C65C6=C(C=CCC6)C6=C5CCCC6)[C@@H]5CCC6=C(CCC7=C6CCC=C7)C5)=CC4)=CC32)C=C1. The molecule has 0 bridgehead atoms. The van der Waals surface area contributed by atoms with Gasteiger partial charge in [0.15, 0.2) is 0 Å². The topological polar surface area (TPSA) is 12.5 Å². The quantitative estimate of drug-likeness (QED) is 0.273. The van der Waals surface area contributed by atoms with Crippen LogP contribution in [-0.2, 0) is 4.74 Å². The van der Waals surface area contributed by atoms with Crippen molar-refractivity contribution in [1.82, 2.24) is 4.90 Å². The van der Waals surface area contributed by atoms with E-state index in [1.165, 1.54) is 119 Å². The Morgan fingerprint density at radius 3 is 2.46 bits per heavy atom. The number of nitrogens with zero attached hydrogens (tertiary/aromatic N) is 1. The maximum Gasteiger partial charge on any atom is 0.127 e. The maximum atomic E-state index is 6.83. The third-order valence-corrected chi connectivity index (χ3v) is 18.6. The molecular formula is C63H65NO. The molecule has 328 valence electrons. The monoisotopic (exact) mass is 852 g/mol. The van der Waals surface area contributed by atoms with Gasteiger partial charge in [0.2, 0.25) is 0 Å². The second-order valence-electron chi connectivity index (χ2n) is 21.6. The molecule has 65 heavy (non-hydrogen) atoms. The van der Waals surface area contributed by atoms with Crippen molar-refractivity contribution in [2.75, 3.05) is 0 Å². The lowest BCUT2D eigenvalue weighted by molar-refractivity contribution is 0.167. The van der Waals surface area contributed by atoms with E-state index in [0.717, 1.165) is 25.7 Å². The van der Waals surface area contributed by atoms with Crippen LogP contribution in [0.5, 0.6) is 0 Å². The molecule has 1 aliphatic heterocycles. The van der Waals surface area contributed by atoms with E-state index in [9.17, 15) is 0 Å². The highest BCUT2D eigenvalue weighted by atomic mass is 16.5. The molecule has 13 aliphatic carbocycles. The van der Waals surface area contributed by atoms with Crippen LogP contribution < -0.4 is 0 Å². The van der Waals surface area contributed by atoms with E-state index >= 15 is 0 Å². The minimum absolute atomic E-state index is 0.0100. The first-order chi connectivity index (χ1) is 32.2. The molecule has 0 aromatic heterocycles. The zero-order chi connectivity index (χ0) is 42.6. The largest absolute Gasteiger partial charge is 0.485 e. The summed E-state index contributed by atoms with van der Waals surface area (Å²) in [5.74, 6) is 2.77. The first kappa shape index (κ1) is 39.1. The van der Waals surface area contributed by atoms with Gasteiger partial charge in [-0.05, 0) is 207 Å². The van der Waals surface area contributed by atoms with Crippen LogP contribution in [0, 0.1) is 29.1 Å². The molecule has 8 atom stereocenters. The second-order valence-corrected chi connectivity index (χ2v) is 21.6. The Balaban J connectivity index is 0.823. The van der Waals surface area contributed by atoms with Crippen molar-refractivity contribution >= 4 is 0 Å². The van der Waals surface area contributed by atoms with Gasteiger partial charge in [0.25, 0.3) is 0 Å². The molecular weight excluding hydrogens is 787 g/mol. The fourth-order valence-electron chi connectivity index (χ4n) is 16.0. The standard InChI is InChI=1S/C63H65NO/c1-2-14-41(15-3-1)49-21-12-22-52-54-39-43(32-37-60(54)65-62(49)52)40-30-33-45(34-31-40)64(46-35-36-48-44(38-46)29-28-42-16-4-5-17-47(42)48)59-27-13-26-58-61(59)53-20-8-11-25-57(53)63(58)55-23-9-6-18-50(55)51-19-7-10-24-56(51)63/h1-4,6,8,13-14,16,18,20-21,26-27,30,32-34,37,39-41,46,54,59-61H,5,7,9-12,15,17,19,22-25,28-29,31,35-36,38H2/t40?,41?,46-,54?,59?,60?,61?,63?/m1/s1. The molecule has 0 saturated carbocycles. The van der Waals surface area contributed by atoms with Crippen LogP contribution in [0.25, 0.3) is 0 Å². The second kappa shape index (κ2) is 15.5. The Morgan fingerprint density at radius 1 is 0.631 bits per heavy atom. The van der Waals surface area contributed by atoms with Gasteiger partial charge in [0.05, 0.1) is 11.5 Å². The zero-order valence-corrected chi connectivity index (χ0v) is 38.4. The van der Waals surface area contributed by atoms with Crippen LogP contribution in [0.1, 0.15) is 122 Å². The molecule has 0 amide bonds. The molecule has 0 N–H and O–H groups in total. The van der Waals surface area contributed by atoms with Crippen molar-refractivity contribution in [2.24, 2.45) is 29.1 Å². The van der Waals surface area contributed by atoms with Gasteiger partial charge in [-0.15, -0.1) is 0 Å². The normalized spacial score (nSPS) is 35.9. The first-order valence-electron chi connectivity index (χ1n) is 26.3. The Bertz CT molecular complexity index is 2750.